The van der Waals surface area contributed by atoms with Gasteiger partial charge in [0.2, 0.25) is 11.8 Å². The van der Waals surface area contributed by atoms with E-state index in [0.29, 0.717) is 52.3 Å². The molecule has 0 saturated carbocycles. The monoisotopic (exact) mass is 577 g/mol. The van der Waals surface area contributed by atoms with Crippen LogP contribution in [0, 0.1) is 0 Å². The van der Waals surface area contributed by atoms with Crippen molar-refractivity contribution in [2.75, 3.05) is 40.3 Å². The first-order valence-electron chi connectivity index (χ1n) is 12.7. The summed E-state index contributed by atoms with van der Waals surface area (Å²) in [7, 11) is 6.04. The SMILES string of the molecule is COC(=O)c1ccc(NC(=O)[C@@H]2CC(=O)N(CCc3ccc(OC)c(OC)c3)C(=Nc3ccc(OC)cc3)S2)cc1. The molecule has 1 heterocycles. The molecule has 2 amide bonds. The molecule has 0 unspecified atom stereocenters. The van der Waals surface area contributed by atoms with E-state index in [0.717, 1.165) is 5.56 Å². The first-order chi connectivity index (χ1) is 19.8. The highest BCUT2D eigenvalue weighted by molar-refractivity contribution is 8.15. The summed E-state index contributed by atoms with van der Waals surface area (Å²) in [6.45, 7) is 0.361. The Labute approximate surface area is 242 Å². The number of carbonyl (C=O) groups is 3. The summed E-state index contributed by atoms with van der Waals surface area (Å²) in [6.07, 6.45) is 0.544. The normalized spacial score (nSPS) is 15.8. The van der Waals surface area contributed by atoms with E-state index in [2.05, 4.69) is 5.32 Å². The Morgan fingerprint density at radius 2 is 1.63 bits per heavy atom. The van der Waals surface area contributed by atoms with Crippen LogP contribution in [-0.4, -0.2) is 68.1 Å². The fourth-order valence-electron chi connectivity index (χ4n) is 4.14. The molecule has 3 aromatic rings. The predicted octanol–water partition coefficient (Wildman–Crippen LogP) is 4.70. The van der Waals surface area contributed by atoms with Crippen LogP contribution in [0.4, 0.5) is 11.4 Å². The van der Waals surface area contributed by atoms with Gasteiger partial charge in [0.1, 0.15) is 11.0 Å². The predicted molar refractivity (Wildman–Crippen MR) is 157 cm³/mol. The second kappa shape index (κ2) is 13.7. The van der Waals surface area contributed by atoms with Crippen LogP contribution in [0.1, 0.15) is 22.3 Å². The van der Waals surface area contributed by atoms with Crippen LogP contribution in [0.15, 0.2) is 71.7 Å². The molecule has 3 aromatic carbocycles. The molecule has 0 bridgehead atoms. The summed E-state index contributed by atoms with van der Waals surface area (Å²) in [6, 6.07) is 19.1. The summed E-state index contributed by atoms with van der Waals surface area (Å²) < 4.78 is 20.7. The van der Waals surface area contributed by atoms with Gasteiger partial charge in [-0.1, -0.05) is 17.8 Å². The molecule has 0 radical (unpaired) electrons. The van der Waals surface area contributed by atoms with Gasteiger partial charge in [0.25, 0.3) is 0 Å². The smallest absolute Gasteiger partial charge is 0.337 e. The number of ether oxygens (including phenoxy) is 4. The van der Waals surface area contributed by atoms with Gasteiger partial charge < -0.3 is 24.3 Å². The molecule has 4 rings (SSSR count). The lowest BCUT2D eigenvalue weighted by Crippen LogP contribution is -2.46. The van der Waals surface area contributed by atoms with Gasteiger partial charge in [-0.25, -0.2) is 9.79 Å². The van der Waals surface area contributed by atoms with Gasteiger partial charge in [0.05, 0.1) is 39.7 Å². The van der Waals surface area contributed by atoms with E-state index in [-0.39, 0.29) is 18.2 Å². The molecule has 10 nitrogen and oxygen atoms in total. The number of benzene rings is 3. The highest BCUT2D eigenvalue weighted by atomic mass is 32.2. The number of nitrogens with zero attached hydrogens (tertiary/aromatic N) is 2. The van der Waals surface area contributed by atoms with Gasteiger partial charge in [-0.2, -0.15) is 0 Å². The lowest BCUT2D eigenvalue weighted by molar-refractivity contribution is -0.129. The highest BCUT2D eigenvalue weighted by Gasteiger charge is 2.36. The van der Waals surface area contributed by atoms with Crippen LogP contribution in [0.5, 0.6) is 17.2 Å². The van der Waals surface area contributed by atoms with Crippen LogP contribution in [-0.2, 0) is 20.7 Å². The van der Waals surface area contributed by atoms with Crippen molar-refractivity contribution in [3.05, 3.63) is 77.9 Å². The lowest BCUT2D eigenvalue weighted by Gasteiger charge is -2.32. The topological polar surface area (TPSA) is 116 Å². The molecule has 1 aliphatic heterocycles. The van der Waals surface area contributed by atoms with E-state index in [1.807, 2.05) is 18.2 Å². The number of carbonyl (C=O) groups excluding carboxylic acids is 3. The molecular weight excluding hydrogens is 546 g/mol. The van der Waals surface area contributed by atoms with Gasteiger partial charge in [0, 0.05) is 18.7 Å². The zero-order valence-electron chi connectivity index (χ0n) is 23.2. The molecule has 1 saturated heterocycles. The third kappa shape index (κ3) is 7.37. The van der Waals surface area contributed by atoms with Crippen LogP contribution in [0.25, 0.3) is 0 Å². The third-order valence-corrected chi connectivity index (χ3v) is 7.56. The van der Waals surface area contributed by atoms with Gasteiger partial charge >= 0.3 is 5.97 Å². The Hall–Kier alpha value is -4.51. The molecule has 41 heavy (non-hydrogen) atoms. The molecule has 0 aromatic heterocycles. The van der Waals surface area contributed by atoms with Crippen LogP contribution >= 0.6 is 11.8 Å². The van der Waals surface area contributed by atoms with Crippen molar-refractivity contribution in [3.8, 4) is 17.2 Å². The first-order valence-corrected chi connectivity index (χ1v) is 13.6. The molecule has 1 fully saturated rings. The van der Waals surface area contributed by atoms with E-state index in [9.17, 15) is 14.4 Å². The van der Waals surface area contributed by atoms with Crippen molar-refractivity contribution in [2.24, 2.45) is 4.99 Å². The Bertz CT molecular complexity index is 1430. The fraction of sp³-hybridized carbons (Fsp3) is 0.267. The largest absolute Gasteiger partial charge is 0.497 e. The average molecular weight is 578 g/mol. The summed E-state index contributed by atoms with van der Waals surface area (Å²) in [5.74, 6) is 0.893. The number of amides is 2. The maximum absolute atomic E-state index is 13.4. The maximum atomic E-state index is 13.4. The zero-order chi connectivity index (χ0) is 29.4. The van der Waals surface area contributed by atoms with E-state index in [1.165, 1.54) is 18.9 Å². The van der Waals surface area contributed by atoms with Gasteiger partial charge in [-0.05, 0) is 72.6 Å². The molecule has 1 aliphatic rings. The number of methoxy groups -OCH3 is 4. The third-order valence-electron chi connectivity index (χ3n) is 6.37. The fourth-order valence-corrected chi connectivity index (χ4v) is 5.26. The van der Waals surface area contributed by atoms with E-state index >= 15 is 0 Å². The Kier molecular flexibility index (Phi) is 9.86. The standard InChI is InChI=1S/C30H31N3O7S/c1-37-23-12-10-22(11-13-23)32-30-33(16-15-19-5-14-24(38-2)25(17-19)39-3)27(34)18-26(41-30)28(35)31-21-8-6-20(7-9-21)29(36)40-4/h5-14,17,26H,15-16,18H2,1-4H3,(H,31,35)/t26-/m0/s1. The zero-order valence-corrected chi connectivity index (χ0v) is 24.0. The lowest BCUT2D eigenvalue weighted by atomic mass is 10.1. The second-order valence-corrected chi connectivity index (χ2v) is 10.1. The van der Waals surface area contributed by atoms with Crippen molar-refractivity contribution in [3.63, 3.8) is 0 Å². The van der Waals surface area contributed by atoms with Gasteiger partial charge in [-0.15, -0.1) is 0 Å². The molecule has 214 valence electrons. The van der Waals surface area contributed by atoms with E-state index < -0.39 is 11.2 Å². The summed E-state index contributed by atoms with van der Waals surface area (Å²) in [5.41, 5.74) is 2.45. The van der Waals surface area contributed by atoms with E-state index in [1.54, 1.807) is 74.8 Å². The van der Waals surface area contributed by atoms with Gasteiger partial charge in [0.15, 0.2) is 16.7 Å². The van der Waals surface area contributed by atoms with Crippen molar-refractivity contribution >= 4 is 46.1 Å². The highest BCUT2D eigenvalue weighted by Crippen LogP contribution is 2.32. The number of nitrogens with one attached hydrogen (secondary N) is 1. The number of anilines is 1. The van der Waals surface area contributed by atoms with Crippen molar-refractivity contribution in [2.45, 2.75) is 18.1 Å². The molecule has 1 atom stereocenters. The molecule has 0 spiro atoms. The maximum Gasteiger partial charge on any atom is 0.337 e. The Morgan fingerprint density at radius 1 is 0.927 bits per heavy atom. The number of hydrogen-bond acceptors (Lipinski definition) is 9. The number of esters is 1. The Morgan fingerprint density at radius 3 is 2.27 bits per heavy atom. The number of amidine groups is 1. The summed E-state index contributed by atoms with van der Waals surface area (Å²) in [5, 5.41) is 2.56. The number of hydrogen-bond donors (Lipinski definition) is 1. The van der Waals surface area contributed by atoms with Crippen molar-refractivity contribution < 1.29 is 33.3 Å². The molecule has 11 heteroatoms. The number of thioether (sulfide) groups is 1. The summed E-state index contributed by atoms with van der Waals surface area (Å²) >= 11 is 1.23. The average Bonchev–Trinajstić information content (AvgIpc) is 3.00. The quantitative estimate of drug-likeness (QED) is 0.345. The van der Waals surface area contributed by atoms with Crippen LogP contribution < -0.4 is 19.5 Å². The molecule has 1 N–H and O–H groups in total. The van der Waals surface area contributed by atoms with Crippen LogP contribution in [0.2, 0.25) is 0 Å². The van der Waals surface area contributed by atoms with Crippen molar-refractivity contribution in [1.82, 2.24) is 4.90 Å². The number of aliphatic imine (C=N–C) groups is 1. The first kappa shape index (κ1) is 29.5. The van der Waals surface area contributed by atoms with E-state index in [4.69, 9.17) is 23.9 Å². The minimum absolute atomic E-state index is 0.00428. The minimum atomic E-state index is -0.697. The molecular formula is C30H31N3O7S. The summed E-state index contributed by atoms with van der Waals surface area (Å²) in [4.78, 5) is 44.6. The minimum Gasteiger partial charge on any atom is -0.497 e. The van der Waals surface area contributed by atoms with Crippen LogP contribution in [0.3, 0.4) is 0 Å². The second-order valence-electron chi connectivity index (χ2n) is 8.95. The van der Waals surface area contributed by atoms with Gasteiger partial charge in [-0.3, -0.25) is 14.5 Å². The Balaban J connectivity index is 1.54. The number of rotatable bonds is 10. The molecule has 0 aliphatic carbocycles. The van der Waals surface area contributed by atoms with Crippen molar-refractivity contribution in [1.29, 1.82) is 0 Å².